The normalized spacial score (nSPS) is 19.5. The van der Waals surface area contributed by atoms with Crippen LogP contribution >= 0.6 is 24.2 Å². The molecule has 2 unspecified atom stereocenters. The van der Waals surface area contributed by atoms with Crippen LogP contribution in [0.15, 0.2) is 24.3 Å². The fourth-order valence-corrected chi connectivity index (χ4v) is 3.34. The third kappa shape index (κ3) is 5.20. The quantitative estimate of drug-likeness (QED) is 0.922. The average Bonchev–Trinajstić information content (AvgIpc) is 2.47. The van der Waals surface area contributed by atoms with Crippen molar-refractivity contribution in [1.82, 2.24) is 10.2 Å². The van der Waals surface area contributed by atoms with E-state index in [1.54, 1.807) is 0 Å². The molecule has 2 atom stereocenters. The van der Waals surface area contributed by atoms with Gasteiger partial charge in [0.05, 0.1) is 6.04 Å². The van der Waals surface area contributed by atoms with Gasteiger partial charge < -0.3 is 10.2 Å². The minimum absolute atomic E-state index is 0. The number of aryl methyl sites for hydroxylation is 1. The molecule has 0 aromatic heterocycles. The van der Waals surface area contributed by atoms with Crippen molar-refractivity contribution < 1.29 is 4.79 Å². The van der Waals surface area contributed by atoms with Crippen molar-refractivity contribution >= 4 is 30.1 Å². The van der Waals surface area contributed by atoms with Crippen LogP contribution in [0, 0.1) is 6.92 Å². The maximum atomic E-state index is 12.4. The number of nitrogens with one attached hydrogen (secondary N) is 1. The van der Waals surface area contributed by atoms with Crippen LogP contribution in [0.25, 0.3) is 0 Å². The second-order valence-corrected chi connectivity index (χ2v) is 6.67. The minimum Gasteiger partial charge on any atom is -0.339 e. The van der Waals surface area contributed by atoms with E-state index < -0.39 is 0 Å². The van der Waals surface area contributed by atoms with E-state index >= 15 is 0 Å². The van der Waals surface area contributed by atoms with Crippen molar-refractivity contribution in [3.63, 3.8) is 0 Å². The summed E-state index contributed by atoms with van der Waals surface area (Å²) in [6.45, 7) is 5.18. The van der Waals surface area contributed by atoms with Gasteiger partial charge in [0.1, 0.15) is 0 Å². The van der Waals surface area contributed by atoms with Crippen LogP contribution in [-0.2, 0) is 4.79 Å². The van der Waals surface area contributed by atoms with E-state index in [2.05, 4.69) is 43.4 Å². The van der Waals surface area contributed by atoms with E-state index in [-0.39, 0.29) is 24.4 Å². The molecule has 1 aliphatic heterocycles. The first kappa shape index (κ1) is 18.3. The Bertz CT molecular complexity index is 446. The lowest BCUT2D eigenvalue weighted by molar-refractivity contribution is -0.132. The SMILES string of the molecule is Cc1ccc(C(C)N(C)C(=O)CC2CSCCN2)cc1.Cl. The molecule has 0 radical (unpaired) electrons. The molecule has 1 aromatic rings. The molecule has 1 saturated heterocycles. The van der Waals surface area contributed by atoms with E-state index in [0.717, 1.165) is 18.1 Å². The maximum absolute atomic E-state index is 12.4. The molecule has 1 N–H and O–H groups in total. The highest BCUT2D eigenvalue weighted by molar-refractivity contribution is 7.99. The number of carbonyl (C=O) groups excluding carboxylic acids is 1. The Morgan fingerprint density at radius 3 is 2.67 bits per heavy atom. The monoisotopic (exact) mass is 328 g/mol. The van der Waals surface area contributed by atoms with Gasteiger partial charge in [0.15, 0.2) is 0 Å². The molecule has 1 amide bonds. The molecule has 0 spiro atoms. The predicted molar refractivity (Wildman–Crippen MR) is 93.3 cm³/mol. The first-order chi connectivity index (χ1) is 9.58. The molecule has 21 heavy (non-hydrogen) atoms. The lowest BCUT2D eigenvalue weighted by Crippen LogP contribution is -2.42. The molecule has 118 valence electrons. The van der Waals surface area contributed by atoms with Gasteiger partial charge in [-0.1, -0.05) is 29.8 Å². The first-order valence-corrected chi connectivity index (χ1v) is 8.36. The Hall–Kier alpha value is -0.710. The van der Waals surface area contributed by atoms with E-state index in [0.29, 0.717) is 12.5 Å². The third-order valence-electron chi connectivity index (χ3n) is 3.95. The summed E-state index contributed by atoms with van der Waals surface area (Å²) in [5.41, 5.74) is 2.44. The number of thioether (sulfide) groups is 1. The van der Waals surface area contributed by atoms with Crippen molar-refractivity contribution in [2.24, 2.45) is 0 Å². The van der Waals surface area contributed by atoms with Crippen molar-refractivity contribution in [2.75, 3.05) is 25.1 Å². The topological polar surface area (TPSA) is 32.3 Å². The lowest BCUT2D eigenvalue weighted by Gasteiger charge is -2.29. The molecule has 3 nitrogen and oxygen atoms in total. The molecule has 0 bridgehead atoms. The third-order valence-corrected chi connectivity index (χ3v) is 5.08. The van der Waals surface area contributed by atoms with E-state index in [1.807, 2.05) is 23.7 Å². The highest BCUT2D eigenvalue weighted by Gasteiger charge is 2.22. The van der Waals surface area contributed by atoms with Gasteiger partial charge in [0, 0.05) is 37.6 Å². The molecule has 1 aromatic carbocycles. The smallest absolute Gasteiger partial charge is 0.224 e. The molecule has 0 saturated carbocycles. The van der Waals surface area contributed by atoms with Gasteiger partial charge in [-0.15, -0.1) is 12.4 Å². The fraction of sp³-hybridized carbons (Fsp3) is 0.562. The number of carbonyl (C=O) groups is 1. The number of rotatable bonds is 4. The first-order valence-electron chi connectivity index (χ1n) is 7.21. The Morgan fingerprint density at radius 1 is 1.43 bits per heavy atom. The van der Waals surface area contributed by atoms with Crippen LogP contribution in [-0.4, -0.2) is 41.9 Å². The second kappa shape index (κ2) is 8.66. The number of amides is 1. The predicted octanol–water partition coefficient (Wildman–Crippen LogP) is 3.03. The summed E-state index contributed by atoms with van der Waals surface area (Å²) in [5, 5.41) is 3.42. The van der Waals surface area contributed by atoms with Crippen molar-refractivity contribution in [3.8, 4) is 0 Å². The highest BCUT2D eigenvalue weighted by atomic mass is 35.5. The van der Waals surface area contributed by atoms with Crippen LogP contribution < -0.4 is 5.32 Å². The molecule has 2 rings (SSSR count). The summed E-state index contributed by atoms with van der Waals surface area (Å²) in [4.78, 5) is 14.2. The van der Waals surface area contributed by atoms with Crippen LogP contribution in [0.3, 0.4) is 0 Å². The van der Waals surface area contributed by atoms with Crippen LogP contribution in [0.5, 0.6) is 0 Å². The van der Waals surface area contributed by atoms with Gasteiger partial charge in [-0.2, -0.15) is 11.8 Å². The van der Waals surface area contributed by atoms with E-state index in [9.17, 15) is 4.79 Å². The molecule has 1 fully saturated rings. The number of hydrogen-bond acceptors (Lipinski definition) is 3. The number of halogens is 1. The Morgan fingerprint density at radius 2 is 2.10 bits per heavy atom. The molecule has 1 heterocycles. The molecule has 1 aliphatic rings. The zero-order valence-electron chi connectivity index (χ0n) is 13.0. The van der Waals surface area contributed by atoms with Gasteiger partial charge >= 0.3 is 0 Å². The maximum Gasteiger partial charge on any atom is 0.224 e. The molecule has 0 aliphatic carbocycles. The number of hydrogen-bond donors (Lipinski definition) is 1. The molecular formula is C16H25ClN2OS. The van der Waals surface area contributed by atoms with Crippen LogP contribution in [0.4, 0.5) is 0 Å². The van der Waals surface area contributed by atoms with Crippen molar-refractivity contribution in [2.45, 2.75) is 32.4 Å². The van der Waals surface area contributed by atoms with Gasteiger partial charge in [-0.3, -0.25) is 4.79 Å². The van der Waals surface area contributed by atoms with Crippen LogP contribution in [0.1, 0.15) is 30.5 Å². The Labute approximate surface area is 138 Å². The summed E-state index contributed by atoms with van der Waals surface area (Å²) in [6, 6.07) is 8.87. The van der Waals surface area contributed by atoms with Gasteiger partial charge in [-0.25, -0.2) is 0 Å². The largest absolute Gasteiger partial charge is 0.339 e. The summed E-state index contributed by atoms with van der Waals surface area (Å²) in [6.07, 6.45) is 0.597. The van der Waals surface area contributed by atoms with Crippen molar-refractivity contribution in [1.29, 1.82) is 0 Å². The summed E-state index contributed by atoms with van der Waals surface area (Å²) in [5.74, 6) is 2.41. The highest BCUT2D eigenvalue weighted by Crippen LogP contribution is 2.21. The van der Waals surface area contributed by atoms with Crippen LogP contribution in [0.2, 0.25) is 0 Å². The summed E-state index contributed by atoms with van der Waals surface area (Å²) >= 11 is 1.93. The minimum atomic E-state index is 0. The van der Waals surface area contributed by atoms with Gasteiger partial charge in [0.2, 0.25) is 5.91 Å². The Balaban J connectivity index is 0.00000220. The lowest BCUT2D eigenvalue weighted by atomic mass is 10.0. The molecular weight excluding hydrogens is 304 g/mol. The van der Waals surface area contributed by atoms with E-state index in [1.165, 1.54) is 11.1 Å². The average molecular weight is 329 g/mol. The summed E-state index contributed by atoms with van der Waals surface area (Å²) in [7, 11) is 1.91. The van der Waals surface area contributed by atoms with E-state index in [4.69, 9.17) is 0 Å². The van der Waals surface area contributed by atoms with Gasteiger partial charge in [0.25, 0.3) is 0 Å². The second-order valence-electron chi connectivity index (χ2n) is 5.52. The van der Waals surface area contributed by atoms with Gasteiger partial charge in [-0.05, 0) is 19.4 Å². The Kier molecular flexibility index (Phi) is 7.57. The zero-order chi connectivity index (χ0) is 14.5. The fourth-order valence-electron chi connectivity index (χ4n) is 2.39. The number of benzene rings is 1. The molecule has 5 heteroatoms. The number of nitrogens with zero attached hydrogens (tertiary/aromatic N) is 1. The van der Waals surface area contributed by atoms with Crippen molar-refractivity contribution in [3.05, 3.63) is 35.4 Å². The standard InChI is InChI=1S/C16H24N2OS.ClH/c1-12-4-6-14(7-5-12)13(2)18(3)16(19)10-15-11-20-9-8-17-15;/h4-7,13,15,17H,8-11H2,1-3H3;1H. The zero-order valence-corrected chi connectivity index (χ0v) is 14.6. The summed E-state index contributed by atoms with van der Waals surface area (Å²) < 4.78 is 0.